The normalized spacial score (nSPS) is 17.9. The van der Waals surface area contributed by atoms with Gasteiger partial charge in [0.2, 0.25) is 11.8 Å². The number of amides is 2. The quantitative estimate of drug-likeness (QED) is 0.814. The molecule has 1 atom stereocenters. The number of rotatable bonds is 6. The van der Waals surface area contributed by atoms with Gasteiger partial charge in [-0.15, -0.1) is 0 Å². The Labute approximate surface area is 140 Å². The summed E-state index contributed by atoms with van der Waals surface area (Å²) in [5, 5.41) is 14.8. The van der Waals surface area contributed by atoms with E-state index in [9.17, 15) is 9.59 Å². The van der Waals surface area contributed by atoms with E-state index in [0.717, 1.165) is 24.3 Å². The van der Waals surface area contributed by atoms with Crippen LogP contribution in [0, 0.1) is 11.3 Å². The van der Waals surface area contributed by atoms with Crippen molar-refractivity contribution in [1.29, 1.82) is 5.26 Å². The number of aryl methyl sites for hydroxylation is 1. The third-order valence-corrected chi connectivity index (χ3v) is 4.80. The van der Waals surface area contributed by atoms with Gasteiger partial charge in [-0.1, -0.05) is 13.3 Å². The molecule has 2 rings (SSSR count). The number of carbonyl (C=O) groups excluding carboxylic acids is 2. The molecule has 23 heavy (non-hydrogen) atoms. The Morgan fingerprint density at radius 3 is 3.13 bits per heavy atom. The zero-order valence-corrected chi connectivity index (χ0v) is 14.1. The van der Waals surface area contributed by atoms with Gasteiger partial charge in [-0.05, 0) is 18.6 Å². The van der Waals surface area contributed by atoms with Crippen molar-refractivity contribution in [3.63, 3.8) is 0 Å². The highest BCUT2D eigenvalue weighted by molar-refractivity contribution is 7.99. The monoisotopic (exact) mass is 334 g/mol. The molecule has 124 valence electrons. The van der Waals surface area contributed by atoms with Crippen LogP contribution < -0.4 is 10.6 Å². The summed E-state index contributed by atoms with van der Waals surface area (Å²) in [7, 11) is 0. The largest absolute Gasteiger partial charge is 0.352 e. The molecule has 0 saturated carbocycles. The number of nitrogens with one attached hydrogen (secondary N) is 2. The first-order valence-electron chi connectivity index (χ1n) is 7.89. The number of aromatic nitrogens is 1. The summed E-state index contributed by atoms with van der Waals surface area (Å²) >= 11 is 1.61. The molecule has 1 saturated heterocycles. The molecule has 7 heteroatoms. The maximum absolute atomic E-state index is 12.2. The van der Waals surface area contributed by atoms with Gasteiger partial charge < -0.3 is 15.2 Å². The van der Waals surface area contributed by atoms with Crippen molar-refractivity contribution in [1.82, 2.24) is 15.2 Å². The third-order valence-electron chi connectivity index (χ3n) is 3.74. The molecule has 0 radical (unpaired) electrons. The second-order valence-corrected chi connectivity index (χ2v) is 6.61. The standard InChI is InChI=1S/C16H22N4O2S/c1-2-3-12-4-5-13(10-17)20(12)8-7-18-16(22)14-11-23-9-6-15(21)19-14/h4-5,14H,2-3,6-9,11H2,1H3,(H,18,22)(H,19,21). The lowest BCUT2D eigenvalue weighted by atomic mass is 10.2. The van der Waals surface area contributed by atoms with Crippen molar-refractivity contribution in [3.8, 4) is 6.07 Å². The molecule has 0 aliphatic carbocycles. The fourth-order valence-corrected chi connectivity index (χ4v) is 3.54. The predicted molar refractivity (Wildman–Crippen MR) is 90.0 cm³/mol. The number of hydrogen-bond donors (Lipinski definition) is 2. The summed E-state index contributed by atoms with van der Waals surface area (Å²) in [6.07, 6.45) is 2.38. The van der Waals surface area contributed by atoms with E-state index in [1.165, 1.54) is 0 Å². The Morgan fingerprint density at radius 2 is 2.39 bits per heavy atom. The molecule has 0 bridgehead atoms. The number of carbonyl (C=O) groups is 2. The van der Waals surface area contributed by atoms with E-state index in [1.54, 1.807) is 11.8 Å². The van der Waals surface area contributed by atoms with Gasteiger partial charge in [0.05, 0.1) is 0 Å². The molecule has 2 amide bonds. The first kappa shape index (κ1) is 17.4. The number of nitrogens with zero attached hydrogens (tertiary/aromatic N) is 2. The lowest BCUT2D eigenvalue weighted by molar-refractivity contribution is -0.128. The molecule has 2 heterocycles. The molecular formula is C16H22N4O2S. The van der Waals surface area contributed by atoms with E-state index in [0.29, 0.717) is 31.0 Å². The minimum Gasteiger partial charge on any atom is -0.352 e. The van der Waals surface area contributed by atoms with Crippen LogP contribution in [0.1, 0.15) is 31.2 Å². The Morgan fingerprint density at radius 1 is 1.57 bits per heavy atom. The molecule has 1 aromatic heterocycles. The van der Waals surface area contributed by atoms with Crippen molar-refractivity contribution < 1.29 is 9.59 Å². The van der Waals surface area contributed by atoms with Crippen molar-refractivity contribution in [2.45, 2.75) is 38.8 Å². The summed E-state index contributed by atoms with van der Waals surface area (Å²) in [6, 6.07) is 5.49. The van der Waals surface area contributed by atoms with Gasteiger partial charge in [-0.25, -0.2) is 0 Å². The van der Waals surface area contributed by atoms with Crippen LogP contribution in [0.15, 0.2) is 12.1 Å². The molecule has 1 aliphatic rings. The first-order chi connectivity index (χ1) is 11.2. The SMILES string of the molecule is CCCc1ccc(C#N)n1CCNC(=O)C1CSCCC(=O)N1. The summed E-state index contributed by atoms with van der Waals surface area (Å²) in [5.74, 6) is 1.13. The smallest absolute Gasteiger partial charge is 0.243 e. The summed E-state index contributed by atoms with van der Waals surface area (Å²) < 4.78 is 1.95. The van der Waals surface area contributed by atoms with E-state index in [1.807, 2.05) is 16.7 Å². The minimum absolute atomic E-state index is 0.0717. The van der Waals surface area contributed by atoms with E-state index < -0.39 is 6.04 Å². The van der Waals surface area contributed by atoms with Crippen molar-refractivity contribution in [3.05, 3.63) is 23.5 Å². The van der Waals surface area contributed by atoms with E-state index in [4.69, 9.17) is 5.26 Å². The summed E-state index contributed by atoms with van der Waals surface area (Å²) in [4.78, 5) is 23.7. The highest BCUT2D eigenvalue weighted by atomic mass is 32.2. The average molecular weight is 334 g/mol. The lowest BCUT2D eigenvalue weighted by Gasteiger charge is -2.16. The first-order valence-corrected chi connectivity index (χ1v) is 9.04. The van der Waals surface area contributed by atoms with Gasteiger partial charge in [0.15, 0.2) is 0 Å². The van der Waals surface area contributed by atoms with Crippen molar-refractivity contribution in [2.75, 3.05) is 18.1 Å². The molecule has 1 fully saturated rings. The van der Waals surface area contributed by atoms with Crippen molar-refractivity contribution >= 4 is 23.6 Å². The van der Waals surface area contributed by atoms with Gasteiger partial charge in [0, 0.05) is 36.7 Å². The maximum Gasteiger partial charge on any atom is 0.243 e. The zero-order chi connectivity index (χ0) is 16.7. The molecule has 1 unspecified atom stereocenters. The van der Waals surface area contributed by atoms with Crippen LogP contribution in [-0.4, -0.2) is 40.5 Å². The van der Waals surface area contributed by atoms with Crippen LogP contribution in [0.4, 0.5) is 0 Å². The molecule has 2 N–H and O–H groups in total. The second kappa shape index (κ2) is 8.63. The van der Waals surface area contributed by atoms with Crippen LogP contribution in [0.3, 0.4) is 0 Å². The highest BCUT2D eigenvalue weighted by Crippen LogP contribution is 2.11. The van der Waals surface area contributed by atoms with E-state index in [-0.39, 0.29) is 11.8 Å². The lowest BCUT2D eigenvalue weighted by Crippen LogP contribution is -2.48. The Hall–Kier alpha value is -1.94. The van der Waals surface area contributed by atoms with Gasteiger partial charge in [0.1, 0.15) is 17.8 Å². The van der Waals surface area contributed by atoms with Crippen LogP contribution in [0.5, 0.6) is 0 Å². The highest BCUT2D eigenvalue weighted by Gasteiger charge is 2.23. The van der Waals surface area contributed by atoms with Crippen LogP contribution in [0.25, 0.3) is 0 Å². The summed E-state index contributed by atoms with van der Waals surface area (Å²) in [5.41, 5.74) is 1.72. The van der Waals surface area contributed by atoms with Crippen LogP contribution >= 0.6 is 11.8 Å². The number of nitriles is 1. The predicted octanol–water partition coefficient (Wildman–Crippen LogP) is 1.05. The topological polar surface area (TPSA) is 86.9 Å². The fourth-order valence-electron chi connectivity index (χ4n) is 2.58. The van der Waals surface area contributed by atoms with Crippen LogP contribution in [0.2, 0.25) is 0 Å². The molecule has 0 aromatic carbocycles. The van der Waals surface area contributed by atoms with Gasteiger partial charge >= 0.3 is 0 Å². The van der Waals surface area contributed by atoms with Gasteiger partial charge in [0.25, 0.3) is 0 Å². The second-order valence-electron chi connectivity index (χ2n) is 5.46. The molecule has 6 nitrogen and oxygen atoms in total. The third kappa shape index (κ3) is 4.76. The molecular weight excluding hydrogens is 312 g/mol. The molecule has 0 spiro atoms. The number of hydrogen-bond acceptors (Lipinski definition) is 4. The van der Waals surface area contributed by atoms with Crippen molar-refractivity contribution in [2.24, 2.45) is 0 Å². The minimum atomic E-state index is -0.467. The molecule has 1 aliphatic heterocycles. The Kier molecular flexibility index (Phi) is 6.53. The average Bonchev–Trinajstić information content (AvgIpc) is 2.78. The van der Waals surface area contributed by atoms with E-state index in [2.05, 4.69) is 23.6 Å². The Balaban J connectivity index is 1.89. The Bertz CT molecular complexity index is 606. The van der Waals surface area contributed by atoms with Gasteiger partial charge in [-0.2, -0.15) is 17.0 Å². The summed E-state index contributed by atoms with van der Waals surface area (Å²) in [6.45, 7) is 3.10. The number of thioether (sulfide) groups is 1. The maximum atomic E-state index is 12.2. The van der Waals surface area contributed by atoms with Crippen LogP contribution in [-0.2, 0) is 22.6 Å². The molecule has 1 aromatic rings. The zero-order valence-electron chi connectivity index (χ0n) is 13.3. The van der Waals surface area contributed by atoms with Gasteiger partial charge in [-0.3, -0.25) is 9.59 Å². The van der Waals surface area contributed by atoms with E-state index >= 15 is 0 Å². The fraction of sp³-hybridized carbons (Fsp3) is 0.562.